The molecular weight excluding hydrogens is 319 g/mol. The van der Waals surface area contributed by atoms with Gasteiger partial charge >= 0.3 is 0 Å². The summed E-state index contributed by atoms with van der Waals surface area (Å²) in [6.07, 6.45) is 2.60. The Morgan fingerprint density at radius 2 is 2.33 bits per heavy atom. The Morgan fingerprint density at radius 3 is 2.93 bits per heavy atom. The molecule has 78 valence electrons. The van der Waals surface area contributed by atoms with Crippen LogP contribution in [0.25, 0.3) is 0 Å². The van der Waals surface area contributed by atoms with Crippen LogP contribution in [0.15, 0.2) is 35.8 Å². The molecule has 0 amide bonds. The average Bonchev–Trinajstić information content (AvgIpc) is 2.66. The first-order chi connectivity index (χ1) is 7.25. The molecule has 0 aliphatic rings. The molecule has 2 rings (SSSR count). The number of nitrogens with zero attached hydrogens (tertiary/aromatic N) is 1. The van der Waals surface area contributed by atoms with E-state index >= 15 is 0 Å². The van der Waals surface area contributed by atoms with Crippen molar-refractivity contribution in [3.8, 4) is 0 Å². The van der Waals surface area contributed by atoms with E-state index in [-0.39, 0.29) is 6.04 Å². The van der Waals surface area contributed by atoms with Gasteiger partial charge in [-0.25, -0.2) is 0 Å². The van der Waals surface area contributed by atoms with Crippen LogP contribution in [0.3, 0.4) is 0 Å². The van der Waals surface area contributed by atoms with Gasteiger partial charge in [0.05, 0.1) is 2.88 Å². The van der Waals surface area contributed by atoms with E-state index < -0.39 is 0 Å². The minimum atomic E-state index is 0.0552. The van der Waals surface area contributed by atoms with Gasteiger partial charge in [-0.15, -0.1) is 11.3 Å². The first-order valence-corrected chi connectivity index (χ1v) is 6.61. The van der Waals surface area contributed by atoms with Crippen molar-refractivity contribution in [2.75, 3.05) is 0 Å². The summed E-state index contributed by atoms with van der Waals surface area (Å²) < 4.78 is 1.28. The summed E-state index contributed by atoms with van der Waals surface area (Å²) in [5, 5.41) is 2.12. The molecule has 2 N–H and O–H groups in total. The van der Waals surface area contributed by atoms with Crippen LogP contribution >= 0.6 is 33.9 Å². The van der Waals surface area contributed by atoms with E-state index in [1.165, 1.54) is 8.45 Å². The third-order valence-corrected chi connectivity index (χ3v) is 3.98. The second-order valence-corrected chi connectivity index (χ2v) is 6.12. The van der Waals surface area contributed by atoms with Crippen LogP contribution in [0.5, 0.6) is 0 Å². The first kappa shape index (κ1) is 11.0. The predicted octanol–water partition coefficient (Wildman–Crippen LogP) is 2.99. The number of pyridine rings is 1. The smallest absolute Gasteiger partial charge is 0.0656 e. The highest BCUT2D eigenvalue weighted by molar-refractivity contribution is 14.1. The molecule has 0 radical (unpaired) electrons. The molecule has 2 heterocycles. The fourth-order valence-corrected chi connectivity index (χ4v) is 2.82. The van der Waals surface area contributed by atoms with E-state index in [4.69, 9.17) is 5.73 Å². The van der Waals surface area contributed by atoms with Crippen molar-refractivity contribution in [1.82, 2.24) is 4.98 Å². The topological polar surface area (TPSA) is 38.9 Å². The van der Waals surface area contributed by atoms with Crippen LogP contribution in [0.1, 0.15) is 17.3 Å². The first-order valence-electron chi connectivity index (χ1n) is 4.65. The maximum Gasteiger partial charge on any atom is 0.0656 e. The van der Waals surface area contributed by atoms with Crippen LogP contribution in [0, 0.1) is 2.88 Å². The number of halogens is 1. The van der Waals surface area contributed by atoms with Gasteiger partial charge in [0.25, 0.3) is 0 Å². The van der Waals surface area contributed by atoms with Crippen molar-refractivity contribution in [3.05, 3.63) is 50.0 Å². The summed E-state index contributed by atoms with van der Waals surface area (Å²) >= 11 is 4.04. The second kappa shape index (κ2) is 5.05. The van der Waals surface area contributed by atoms with E-state index in [1.807, 2.05) is 18.2 Å². The number of hydrogen-bond acceptors (Lipinski definition) is 3. The number of thiophene rings is 1. The Bertz CT molecular complexity index is 427. The lowest BCUT2D eigenvalue weighted by atomic mass is 10.1. The summed E-state index contributed by atoms with van der Waals surface area (Å²) in [7, 11) is 0. The lowest BCUT2D eigenvalue weighted by Gasteiger charge is -2.08. The van der Waals surface area contributed by atoms with Gasteiger partial charge in [0.2, 0.25) is 0 Å². The number of hydrogen-bond donors (Lipinski definition) is 1. The van der Waals surface area contributed by atoms with E-state index in [1.54, 1.807) is 17.5 Å². The average molecular weight is 330 g/mol. The molecule has 1 unspecified atom stereocenters. The van der Waals surface area contributed by atoms with Gasteiger partial charge in [0, 0.05) is 24.4 Å². The monoisotopic (exact) mass is 330 g/mol. The van der Waals surface area contributed by atoms with E-state index in [9.17, 15) is 0 Å². The van der Waals surface area contributed by atoms with Gasteiger partial charge in [-0.3, -0.25) is 4.98 Å². The van der Waals surface area contributed by atoms with Gasteiger partial charge in [-0.05, 0) is 51.7 Å². The summed E-state index contributed by atoms with van der Waals surface area (Å²) in [6.45, 7) is 0. The quantitative estimate of drug-likeness (QED) is 0.879. The Morgan fingerprint density at radius 1 is 1.47 bits per heavy atom. The molecule has 0 saturated heterocycles. The Balaban J connectivity index is 2.07. The second-order valence-electron chi connectivity index (χ2n) is 3.32. The minimum Gasteiger partial charge on any atom is -0.324 e. The Labute approximate surface area is 107 Å². The predicted molar refractivity (Wildman–Crippen MR) is 71.9 cm³/mol. The van der Waals surface area contributed by atoms with Crippen molar-refractivity contribution in [3.63, 3.8) is 0 Å². The van der Waals surface area contributed by atoms with Gasteiger partial charge in [-0.1, -0.05) is 6.07 Å². The lowest BCUT2D eigenvalue weighted by Crippen LogP contribution is -2.13. The van der Waals surface area contributed by atoms with Gasteiger partial charge in [0.1, 0.15) is 0 Å². The molecule has 0 fully saturated rings. The van der Waals surface area contributed by atoms with Crippen molar-refractivity contribution in [2.24, 2.45) is 5.73 Å². The molecule has 0 aliphatic carbocycles. The van der Waals surface area contributed by atoms with Crippen LogP contribution in [-0.2, 0) is 6.42 Å². The highest BCUT2D eigenvalue weighted by Gasteiger charge is 2.09. The van der Waals surface area contributed by atoms with Crippen LogP contribution in [0.4, 0.5) is 0 Å². The zero-order chi connectivity index (χ0) is 10.7. The fourth-order valence-electron chi connectivity index (χ4n) is 1.38. The van der Waals surface area contributed by atoms with Crippen LogP contribution < -0.4 is 5.73 Å². The molecule has 0 aromatic carbocycles. The largest absolute Gasteiger partial charge is 0.324 e. The molecule has 4 heteroatoms. The standard InChI is InChI=1S/C11H11IN2S/c12-11-5-8(7-15-11)10(13)6-9-3-1-2-4-14-9/h1-5,7,10H,6,13H2. The Kier molecular flexibility index (Phi) is 3.71. The molecule has 15 heavy (non-hydrogen) atoms. The van der Waals surface area contributed by atoms with Crippen LogP contribution in [-0.4, -0.2) is 4.98 Å². The van der Waals surface area contributed by atoms with Crippen molar-refractivity contribution >= 4 is 33.9 Å². The third kappa shape index (κ3) is 2.99. The maximum atomic E-state index is 6.10. The van der Waals surface area contributed by atoms with E-state index in [2.05, 4.69) is 39.0 Å². The molecule has 0 bridgehead atoms. The van der Waals surface area contributed by atoms with E-state index in [0.717, 1.165) is 12.1 Å². The van der Waals surface area contributed by atoms with Gasteiger partial charge in [-0.2, -0.15) is 0 Å². The van der Waals surface area contributed by atoms with Gasteiger partial charge < -0.3 is 5.73 Å². The molecule has 2 aromatic rings. The van der Waals surface area contributed by atoms with Crippen LogP contribution in [0.2, 0.25) is 0 Å². The van der Waals surface area contributed by atoms with Crippen molar-refractivity contribution in [1.29, 1.82) is 0 Å². The highest BCUT2D eigenvalue weighted by Crippen LogP contribution is 2.22. The number of aromatic nitrogens is 1. The lowest BCUT2D eigenvalue weighted by molar-refractivity contribution is 0.709. The van der Waals surface area contributed by atoms with Gasteiger partial charge in [0.15, 0.2) is 0 Å². The highest BCUT2D eigenvalue weighted by atomic mass is 127. The number of rotatable bonds is 3. The van der Waals surface area contributed by atoms with E-state index in [0.29, 0.717) is 0 Å². The zero-order valence-corrected chi connectivity index (χ0v) is 11.0. The maximum absolute atomic E-state index is 6.10. The summed E-state index contributed by atoms with van der Waals surface area (Å²) in [6, 6.07) is 8.12. The summed E-state index contributed by atoms with van der Waals surface area (Å²) in [5.74, 6) is 0. The SMILES string of the molecule is NC(Cc1ccccn1)c1csc(I)c1. The molecule has 0 aliphatic heterocycles. The fraction of sp³-hybridized carbons (Fsp3) is 0.182. The Hall–Kier alpha value is -0.460. The summed E-state index contributed by atoms with van der Waals surface area (Å²) in [5.41, 5.74) is 8.35. The molecule has 0 saturated carbocycles. The zero-order valence-electron chi connectivity index (χ0n) is 8.06. The van der Waals surface area contributed by atoms with Crippen molar-refractivity contribution < 1.29 is 0 Å². The normalized spacial score (nSPS) is 12.7. The van der Waals surface area contributed by atoms with Crippen molar-refractivity contribution in [2.45, 2.75) is 12.5 Å². The third-order valence-electron chi connectivity index (χ3n) is 2.17. The number of nitrogens with two attached hydrogens (primary N) is 1. The minimum absolute atomic E-state index is 0.0552. The molecule has 2 nitrogen and oxygen atoms in total. The molecule has 2 aromatic heterocycles. The molecule has 0 spiro atoms. The summed E-state index contributed by atoms with van der Waals surface area (Å²) in [4.78, 5) is 4.27. The molecular formula is C11H11IN2S. The molecule has 1 atom stereocenters.